The fraction of sp³-hybridized carbons (Fsp3) is 0.750. The highest BCUT2D eigenvalue weighted by Crippen LogP contribution is 2.25. The van der Waals surface area contributed by atoms with Crippen LogP contribution in [0.3, 0.4) is 0 Å². The summed E-state index contributed by atoms with van der Waals surface area (Å²) in [5.74, 6) is -2.64. The molecule has 2 saturated heterocycles. The Morgan fingerprint density at radius 3 is 2.65 bits per heavy atom. The molecular weight excluding hydrogens is 405 g/mol. The zero-order valence-electron chi connectivity index (χ0n) is 14.7. The van der Waals surface area contributed by atoms with E-state index in [9.17, 15) is 13.6 Å². The predicted octanol–water partition coefficient (Wildman–Crippen LogP) is 2.62. The third-order valence-electron chi connectivity index (χ3n) is 4.75. The van der Waals surface area contributed by atoms with E-state index in [0.29, 0.717) is 12.5 Å². The number of nitrogens with one attached hydrogen (secondary N) is 2. The van der Waals surface area contributed by atoms with Gasteiger partial charge >= 0.3 is 0 Å². The van der Waals surface area contributed by atoms with Crippen LogP contribution in [0.2, 0.25) is 0 Å². The number of carbonyl (C=O) groups excluding carboxylic acids is 1. The molecule has 1 atom stereocenters. The van der Waals surface area contributed by atoms with Gasteiger partial charge in [0.25, 0.3) is 5.92 Å². The normalized spacial score (nSPS) is 23.1. The lowest BCUT2D eigenvalue weighted by atomic mass is 9.96. The monoisotopic (exact) mass is 430 g/mol. The number of hydrogen-bond donors (Lipinski definition) is 2. The molecule has 0 aliphatic carbocycles. The predicted molar refractivity (Wildman–Crippen MR) is 104 cm³/mol. The molecule has 2 aliphatic rings. The first-order chi connectivity index (χ1) is 11.4. The molecule has 3 rings (SSSR count). The van der Waals surface area contributed by atoms with Crippen molar-refractivity contribution in [2.45, 2.75) is 44.7 Å². The van der Waals surface area contributed by atoms with Crippen molar-refractivity contribution in [1.82, 2.24) is 20.5 Å². The Hall–Kier alpha value is -0.540. The molecule has 26 heavy (non-hydrogen) atoms. The molecule has 1 amide bonds. The molecule has 2 aliphatic heterocycles. The van der Waals surface area contributed by atoms with Crippen molar-refractivity contribution in [1.29, 1.82) is 0 Å². The first kappa shape index (κ1) is 23.5. The fourth-order valence-corrected chi connectivity index (χ4v) is 3.93. The second-order valence-electron chi connectivity index (χ2n) is 6.82. The Bertz CT molecular complexity index is 582. The second kappa shape index (κ2) is 10.1. The molecule has 150 valence electrons. The lowest BCUT2D eigenvalue weighted by Gasteiger charge is -2.31. The van der Waals surface area contributed by atoms with Crippen molar-refractivity contribution in [2.75, 3.05) is 26.2 Å². The molecular formula is C16H26Cl2F2N4OS. The summed E-state index contributed by atoms with van der Waals surface area (Å²) < 4.78 is 26.2. The Balaban J connectivity index is 0.00000169. The standard InChI is InChI=1S/C16H24F2N4OS.2ClH/c1-11-21-13(9-24-11)8-22-4-2-12(3-5-22)7-19-15(23)14-6-16(17,18)10-20-14;;/h9,12,14,20H,2-8,10H2,1H3,(H,19,23);2*1H. The first-order valence-corrected chi connectivity index (χ1v) is 9.31. The summed E-state index contributed by atoms with van der Waals surface area (Å²) in [6.45, 7) is 5.03. The highest BCUT2D eigenvalue weighted by molar-refractivity contribution is 7.09. The van der Waals surface area contributed by atoms with E-state index in [0.717, 1.165) is 43.2 Å². The molecule has 5 nitrogen and oxygen atoms in total. The van der Waals surface area contributed by atoms with Crippen LogP contribution in [0.1, 0.15) is 30.0 Å². The van der Waals surface area contributed by atoms with Crippen molar-refractivity contribution < 1.29 is 13.6 Å². The summed E-state index contributed by atoms with van der Waals surface area (Å²) in [6.07, 6.45) is 1.62. The van der Waals surface area contributed by atoms with Crippen LogP contribution in [-0.4, -0.2) is 53.9 Å². The topological polar surface area (TPSA) is 57.3 Å². The van der Waals surface area contributed by atoms with Crippen LogP contribution in [0.4, 0.5) is 8.78 Å². The molecule has 0 radical (unpaired) electrons. The summed E-state index contributed by atoms with van der Waals surface area (Å²) in [5.41, 5.74) is 1.12. The summed E-state index contributed by atoms with van der Waals surface area (Å²) in [5, 5.41) is 8.63. The summed E-state index contributed by atoms with van der Waals surface area (Å²) in [4.78, 5) is 18.8. The molecule has 1 aromatic rings. The van der Waals surface area contributed by atoms with E-state index in [1.165, 1.54) is 0 Å². The van der Waals surface area contributed by atoms with Crippen LogP contribution in [0, 0.1) is 12.8 Å². The maximum atomic E-state index is 13.1. The van der Waals surface area contributed by atoms with E-state index >= 15 is 0 Å². The molecule has 10 heteroatoms. The number of piperidine rings is 1. The SMILES string of the molecule is Cc1nc(CN2CCC(CNC(=O)C3CC(F)(F)CN3)CC2)cs1.Cl.Cl. The third kappa shape index (κ3) is 6.56. The quantitative estimate of drug-likeness (QED) is 0.753. The molecule has 2 N–H and O–H groups in total. The largest absolute Gasteiger partial charge is 0.354 e. The average Bonchev–Trinajstić information content (AvgIpc) is 3.11. The van der Waals surface area contributed by atoms with Crippen molar-refractivity contribution in [3.8, 4) is 0 Å². The van der Waals surface area contributed by atoms with Gasteiger partial charge in [-0.05, 0) is 38.8 Å². The number of aromatic nitrogens is 1. The number of alkyl halides is 2. The van der Waals surface area contributed by atoms with Gasteiger partial charge in [0.1, 0.15) is 0 Å². The van der Waals surface area contributed by atoms with Gasteiger partial charge in [0.2, 0.25) is 5.91 Å². The minimum absolute atomic E-state index is 0. The number of halogens is 4. The van der Waals surface area contributed by atoms with Gasteiger partial charge in [-0.2, -0.15) is 0 Å². The summed E-state index contributed by atoms with van der Waals surface area (Å²) >= 11 is 1.67. The van der Waals surface area contributed by atoms with E-state index in [-0.39, 0.29) is 30.7 Å². The van der Waals surface area contributed by atoms with Gasteiger partial charge in [0.05, 0.1) is 23.3 Å². The maximum absolute atomic E-state index is 13.1. The lowest BCUT2D eigenvalue weighted by molar-refractivity contribution is -0.123. The van der Waals surface area contributed by atoms with Crippen LogP contribution in [0.25, 0.3) is 0 Å². The zero-order chi connectivity index (χ0) is 17.2. The number of rotatable bonds is 5. The van der Waals surface area contributed by atoms with E-state index in [1.807, 2.05) is 6.92 Å². The van der Waals surface area contributed by atoms with Gasteiger partial charge in [0, 0.05) is 24.9 Å². The van der Waals surface area contributed by atoms with Crippen LogP contribution in [0.5, 0.6) is 0 Å². The molecule has 3 heterocycles. The van der Waals surface area contributed by atoms with Crippen LogP contribution >= 0.6 is 36.2 Å². The van der Waals surface area contributed by atoms with Crippen LogP contribution < -0.4 is 10.6 Å². The van der Waals surface area contributed by atoms with E-state index < -0.39 is 24.9 Å². The lowest BCUT2D eigenvalue weighted by Crippen LogP contribution is -2.44. The molecule has 1 unspecified atom stereocenters. The third-order valence-corrected chi connectivity index (χ3v) is 5.57. The Kier molecular flexibility index (Phi) is 9.15. The van der Waals surface area contributed by atoms with Gasteiger partial charge in [-0.1, -0.05) is 0 Å². The summed E-state index contributed by atoms with van der Waals surface area (Å²) in [6, 6.07) is -0.756. The Morgan fingerprint density at radius 1 is 1.42 bits per heavy atom. The molecule has 1 aromatic heterocycles. The van der Waals surface area contributed by atoms with E-state index in [4.69, 9.17) is 0 Å². The maximum Gasteiger partial charge on any atom is 0.262 e. The van der Waals surface area contributed by atoms with E-state index in [2.05, 4.69) is 25.9 Å². The summed E-state index contributed by atoms with van der Waals surface area (Å²) in [7, 11) is 0. The number of likely N-dealkylation sites (tertiary alicyclic amines) is 1. The molecule has 0 spiro atoms. The second-order valence-corrected chi connectivity index (χ2v) is 7.88. The fourth-order valence-electron chi connectivity index (χ4n) is 3.33. The number of nitrogens with zero attached hydrogens (tertiary/aromatic N) is 2. The van der Waals surface area contributed by atoms with Gasteiger partial charge in [-0.25, -0.2) is 13.8 Å². The van der Waals surface area contributed by atoms with E-state index in [1.54, 1.807) is 11.3 Å². The average molecular weight is 431 g/mol. The number of hydrogen-bond acceptors (Lipinski definition) is 5. The number of thiazole rings is 1. The number of aryl methyl sites for hydroxylation is 1. The van der Waals surface area contributed by atoms with Crippen molar-refractivity contribution in [2.24, 2.45) is 5.92 Å². The van der Waals surface area contributed by atoms with Crippen molar-refractivity contribution >= 4 is 42.1 Å². The van der Waals surface area contributed by atoms with Crippen molar-refractivity contribution in [3.05, 3.63) is 16.1 Å². The molecule has 0 saturated carbocycles. The van der Waals surface area contributed by atoms with Gasteiger partial charge in [-0.15, -0.1) is 36.2 Å². The number of carbonyl (C=O) groups is 1. The van der Waals surface area contributed by atoms with Gasteiger partial charge in [-0.3, -0.25) is 15.0 Å². The zero-order valence-corrected chi connectivity index (χ0v) is 17.1. The van der Waals surface area contributed by atoms with Crippen LogP contribution in [-0.2, 0) is 11.3 Å². The van der Waals surface area contributed by atoms with Gasteiger partial charge < -0.3 is 5.32 Å². The first-order valence-electron chi connectivity index (χ1n) is 8.43. The molecule has 0 aromatic carbocycles. The highest BCUT2D eigenvalue weighted by atomic mass is 35.5. The number of amides is 1. The van der Waals surface area contributed by atoms with Gasteiger partial charge in [0.15, 0.2) is 0 Å². The molecule has 0 bridgehead atoms. The minimum Gasteiger partial charge on any atom is -0.354 e. The van der Waals surface area contributed by atoms with Crippen molar-refractivity contribution in [3.63, 3.8) is 0 Å². The molecule has 2 fully saturated rings. The highest BCUT2D eigenvalue weighted by Gasteiger charge is 2.42. The minimum atomic E-state index is -2.76. The Morgan fingerprint density at radius 2 is 2.12 bits per heavy atom. The smallest absolute Gasteiger partial charge is 0.262 e. The Labute approximate surface area is 169 Å². The van der Waals surface area contributed by atoms with Crippen LogP contribution in [0.15, 0.2) is 5.38 Å².